The van der Waals surface area contributed by atoms with Crippen molar-refractivity contribution < 1.29 is 0 Å². The van der Waals surface area contributed by atoms with E-state index in [1.165, 1.54) is 11.3 Å². The molecule has 5 heteroatoms. The minimum absolute atomic E-state index is 0.300. The maximum absolute atomic E-state index is 8.80. The van der Waals surface area contributed by atoms with E-state index >= 15 is 0 Å². The maximum Gasteiger partial charge on any atom is 0.185 e. The molecule has 1 aromatic rings. The Labute approximate surface area is 111 Å². The van der Waals surface area contributed by atoms with Gasteiger partial charge in [-0.1, -0.05) is 50.6 Å². The number of nitrogens with one attached hydrogen (secondary N) is 1. The van der Waals surface area contributed by atoms with Crippen LogP contribution in [0.5, 0.6) is 0 Å². The van der Waals surface area contributed by atoms with Crippen LogP contribution in [0.25, 0.3) is 0 Å². The molecule has 0 radical (unpaired) electrons. The smallest absolute Gasteiger partial charge is 0.185 e. The van der Waals surface area contributed by atoms with E-state index in [0.717, 1.165) is 11.7 Å². The van der Waals surface area contributed by atoms with Crippen LogP contribution in [0, 0.1) is 28.1 Å². The number of aromatic nitrogens is 1. The fourth-order valence-electron chi connectivity index (χ4n) is 2.48. The molecule has 1 saturated carbocycles. The molecule has 1 aliphatic carbocycles. The third kappa shape index (κ3) is 1.92. The predicted octanol–water partition coefficient (Wildman–Crippen LogP) is 3.76. The minimum atomic E-state index is 0.300. The van der Waals surface area contributed by atoms with Crippen LogP contribution in [0.2, 0.25) is 5.15 Å². The zero-order valence-electron chi connectivity index (χ0n) is 10.5. The van der Waals surface area contributed by atoms with Crippen molar-refractivity contribution >= 4 is 28.1 Å². The number of rotatable bonds is 3. The van der Waals surface area contributed by atoms with Crippen molar-refractivity contribution in [3.63, 3.8) is 0 Å². The van der Waals surface area contributed by atoms with E-state index in [0.29, 0.717) is 26.8 Å². The Bertz CT molecular complexity index is 470. The van der Waals surface area contributed by atoms with Gasteiger partial charge in [-0.3, -0.25) is 0 Å². The molecule has 0 saturated heterocycles. The fraction of sp³-hybridized carbons (Fsp3) is 0.667. The van der Waals surface area contributed by atoms with Crippen LogP contribution in [0.4, 0.5) is 5.13 Å². The molecule has 1 fully saturated rings. The third-order valence-electron chi connectivity index (χ3n) is 4.46. The second-order valence-electron chi connectivity index (χ2n) is 5.63. The number of nitriles is 1. The lowest BCUT2D eigenvalue weighted by molar-refractivity contribution is 0.457. The number of hydrogen-bond acceptors (Lipinski definition) is 4. The Balaban J connectivity index is 1.99. The Morgan fingerprint density at radius 2 is 2.00 bits per heavy atom. The molecule has 1 aromatic heterocycles. The Hall–Kier alpha value is -0.790. The highest BCUT2D eigenvalue weighted by atomic mass is 35.5. The first kappa shape index (κ1) is 12.7. The quantitative estimate of drug-likeness (QED) is 0.909. The van der Waals surface area contributed by atoms with Gasteiger partial charge >= 0.3 is 0 Å². The molecule has 92 valence electrons. The first-order valence-corrected chi connectivity index (χ1v) is 6.80. The second-order valence-corrected chi connectivity index (χ2v) is 6.98. The van der Waals surface area contributed by atoms with Crippen LogP contribution in [-0.4, -0.2) is 11.5 Å². The molecule has 1 N–H and O–H groups in total. The summed E-state index contributed by atoms with van der Waals surface area (Å²) in [6, 6.07) is 2.04. The van der Waals surface area contributed by atoms with Crippen LogP contribution in [0.1, 0.15) is 32.6 Å². The third-order valence-corrected chi connectivity index (χ3v) is 5.77. The van der Waals surface area contributed by atoms with Crippen molar-refractivity contribution in [3.8, 4) is 6.07 Å². The van der Waals surface area contributed by atoms with Crippen LogP contribution in [-0.2, 0) is 0 Å². The van der Waals surface area contributed by atoms with Gasteiger partial charge in [-0.15, -0.1) is 0 Å². The summed E-state index contributed by atoms with van der Waals surface area (Å²) in [5, 5.41) is 13.1. The minimum Gasteiger partial charge on any atom is -0.361 e. The summed E-state index contributed by atoms with van der Waals surface area (Å²) in [7, 11) is 0. The summed E-state index contributed by atoms with van der Waals surface area (Å²) in [6.07, 6.45) is 0. The van der Waals surface area contributed by atoms with Gasteiger partial charge in [0.25, 0.3) is 0 Å². The second kappa shape index (κ2) is 3.86. The monoisotopic (exact) mass is 269 g/mol. The average Bonchev–Trinajstić information content (AvgIpc) is 2.55. The fourth-order valence-corrected chi connectivity index (χ4v) is 3.43. The van der Waals surface area contributed by atoms with E-state index in [1.807, 2.05) is 6.07 Å². The first-order chi connectivity index (χ1) is 7.80. The van der Waals surface area contributed by atoms with Crippen LogP contribution >= 0.6 is 22.9 Å². The van der Waals surface area contributed by atoms with E-state index in [-0.39, 0.29) is 0 Å². The topological polar surface area (TPSA) is 48.7 Å². The highest BCUT2D eigenvalue weighted by Crippen LogP contribution is 2.68. The van der Waals surface area contributed by atoms with Gasteiger partial charge in [-0.2, -0.15) is 5.26 Å². The van der Waals surface area contributed by atoms with Crippen molar-refractivity contribution in [2.24, 2.45) is 16.7 Å². The summed E-state index contributed by atoms with van der Waals surface area (Å²) < 4.78 is 0. The van der Waals surface area contributed by atoms with Gasteiger partial charge in [0.15, 0.2) is 10.3 Å². The van der Waals surface area contributed by atoms with Gasteiger partial charge in [0.05, 0.1) is 0 Å². The van der Waals surface area contributed by atoms with Gasteiger partial charge in [-0.05, 0) is 16.7 Å². The van der Waals surface area contributed by atoms with Crippen LogP contribution in [0.3, 0.4) is 0 Å². The first-order valence-electron chi connectivity index (χ1n) is 5.61. The molecule has 0 amide bonds. The summed E-state index contributed by atoms with van der Waals surface area (Å²) in [5.74, 6) is 0.628. The van der Waals surface area contributed by atoms with Crippen LogP contribution in [0.15, 0.2) is 0 Å². The number of anilines is 1. The molecule has 2 rings (SSSR count). The molecule has 3 nitrogen and oxygen atoms in total. The van der Waals surface area contributed by atoms with E-state index in [9.17, 15) is 0 Å². The molecule has 0 spiro atoms. The van der Waals surface area contributed by atoms with Crippen molar-refractivity contribution in [1.29, 1.82) is 5.26 Å². The zero-order chi connectivity index (χ0) is 12.8. The SMILES string of the molecule is CC1(C)C(CNc2nc(Cl)c(C#N)s2)C1(C)C. The largest absolute Gasteiger partial charge is 0.361 e. The van der Waals surface area contributed by atoms with Crippen molar-refractivity contribution in [1.82, 2.24) is 4.98 Å². The number of nitrogens with zero attached hydrogens (tertiary/aromatic N) is 2. The van der Waals surface area contributed by atoms with E-state index in [4.69, 9.17) is 16.9 Å². The standard InChI is InChI=1S/C12H16ClN3S/c1-11(2)8(12(11,3)4)6-15-10-16-9(13)7(5-14)17-10/h8H,6H2,1-4H3,(H,15,16). The maximum atomic E-state index is 8.80. The van der Waals surface area contributed by atoms with E-state index < -0.39 is 0 Å². The summed E-state index contributed by atoms with van der Waals surface area (Å²) in [5.41, 5.74) is 0.720. The highest BCUT2D eigenvalue weighted by Gasteiger charge is 2.64. The van der Waals surface area contributed by atoms with Gasteiger partial charge in [0.2, 0.25) is 0 Å². The molecular formula is C12H16ClN3S. The van der Waals surface area contributed by atoms with Crippen molar-refractivity contribution in [2.75, 3.05) is 11.9 Å². The predicted molar refractivity (Wildman–Crippen MR) is 71.4 cm³/mol. The summed E-state index contributed by atoms with van der Waals surface area (Å²) >= 11 is 7.14. The Morgan fingerprint density at radius 3 is 2.41 bits per heavy atom. The normalized spacial score (nSPS) is 20.9. The number of thiazole rings is 1. The molecular weight excluding hydrogens is 254 g/mol. The molecule has 0 aromatic carbocycles. The molecule has 1 heterocycles. The zero-order valence-corrected chi connectivity index (χ0v) is 12.0. The number of halogens is 1. The molecule has 0 aliphatic heterocycles. The lowest BCUT2D eigenvalue weighted by Gasteiger charge is -2.04. The van der Waals surface area contributed by atoms with Crippen molar-refractivity contribution in [2.45, 2.75) is 27.7 Å². The Morgan fingerprint density at radius 1 is 1.41 bits per heavy atom. The van der Waals surface area contributed by atoms with Gasteiger partial charge in [0, 0.05) is 6.54 Å². The lowest BCUT2D eigenvalue weighted by atomic mass is 10.0. The molecule has 0 bridgehead atoms. The molecule has 0 atom stereocenters. The molecule has 17 heavy (non-hydrogen) atoms. The highest BCUT2D eigenvalue weighted by molar-refractivity contribution is 7.16. The summed E-state index contributed by atoms with van der Waals surface area (Å²) in [6.45, 7) is 10.0. The van der Waals surface area contributed by atoms with Gasteiger partial charge in [0.1, 0.15) is 10.9 Å². The summed E-state index contributed by atoms with van der Waals surface area (Å²) in [4.78, 5) is 4.60. The van der Waals surface area contributed by atoms with Crippen LogP contribution < -0.4 is 5.32 Å². The molecule has 0 unspecified atom stereocenters. The molecule has 1 aliphatic rings. The lowest BCUT2D eigenvalue weighted by Crippen LogP contribution is -2.07. The van der Waals surface area contributed by atoms with Gasteiger partial charge in [-0.25, -0.2) is 4.98 Å². The average molecular weight is 270 g/mol. The van der Waals surface area contributed by atoms with E-state index in [1.54, 1.807) is 0 Å². The number of hydrogen-bond donors (Lipinski definition) is 1. The Kier molecular flexibility index (Phi) is 2.87. The van der Waals surface area contributed by atoms with Gasteiger partial charge < -0.3 is 5.32 Å². The van der Waals surface area contributed by atoms with Crippen molar-refractivity contribution in [3.05, 3.63) is 10.0 Å². The van der Waals surface area contributed by atoms with E-state index in [2.05, 4.69) is 38.0 Å².